The average Bonchev–Trinajstić information content (AvgIpc) is 2.40. The summed E-state index contributed by atoms with van der Waals surface area (Å²) in [7, 11) is 0. The van der Waals surface area contributed by atoms with Crippen molar-refractivity contribution >= 4 is 11.6 Å². The van der Waals surface area contributed by atoms with Crippen LogP contribution in [-0.2, 0) is 6.42 Å². The number of benzene rings is 1. The van der Waals surface area contributed by atoms with Crippen molar-refractivity contribution in [2.45, 2.75) is 12.5 Å². The largest absolute Gasteiger partial charge is 0.271 e. The molecule has 0 saturated carbocycles. The lowest BCUT2D eigenvalue weighted by Crippen LogP contribution is -2.31. The highest BCUT2D eigenvalue weighted by molar-refractivity contribution is 6.31. The Labute approximate surface area is 114 Å². The molecule has 0 bridgehead atoms. The smallest absolute Gasteiger partial charge is 0.129 e. The number of hydrogen-bond donors (Lipinski definition) is 2. The lowest BCUT2D eigenvalue weighted by atomic mass is 10.0. The van der Waals surface area contributed by atoms with E-state index in [0.29, 0.717) is 10.7 Å². The number of aromatic nitrogens is 1. The van der Waals surface area contributed by atoms with E-state index in [1.807, 2.05) is 0 Å². The fraction of sp³-hybridized carbons (Fsp3) is 0.154. The van der Waals surface area contributed by atoms with E-state index in [9.17, 15) is 8.78 Å². The van der Waals surface area contributed by atoms with Gasteiger partial charge in [0, 0.05) is 18.2 Å². The van der Waals surface area contributed by atoms with E-state index in [1.165, 1.54) is 18.2 Å². The number of hydrogen-bond acceptors (Lipinski definition) is 3. The van der Waals surface area contributed by atoms with E-state index >= 15 is 0 Å². The van der Waals surface area contributed by atoms with Crippen LogP contribution in [0.2, 0.25) is 5.02 Å². The fourth-order valence-electron chi connectivity index (χ4n) is 1.82. The lowest BCUT2D eigenvalue weighted by Gasteiger charge is -2.17. The van der Waals surface area contributed by atoms with Gasteiger partial charge in [0.15, 0.2) is 0 Å². The van der Waals surface area contributed by atoms with Crippen LogP contribution < -0.4 is 11.3 Å². The average molecular weight is 284 g/mol. The monoisotopic (exact) mass is 283 g/mol. The molecule has 1 aromatic heterocycles. The van der Waals surface area contributed by atoms with Gasteiger partial charge in [-0.3, -0.25) is 16.3 Å². The third-order valence-electron chi connectivity index (χ3n) is 2.79. The van der Waals surface area contributed by atoms with Gasteiger partial charge in [-0.2, -0.15) is 0 Å². The molecule has 3 N–H and O–H groups in total. The third kappa shape index (κ3) is 3.07. The Balaban J connectivity index is 2.32. The molecule has 19 heavy (non-hydrogen) atoms. The standard InChI is InChI=1S/C13H12ClF2N3/c14-9-3-2-6-18-13(9)12(19-17)7-8-10(15)4-1-5-11(8)16/h1-6,12,19H,7,17H2. The summed E-state index contributed by atoms with van der Waals surface area (Å²) >= 11 is 6.00. The maximum Gasteiger partial charge on any atom is 0.129 e. The van der Waals surface area contributed by atoms with Crippen LogP contribution >= 0.6 is 11.6 Å². The predicted molar refractivity (Wildman–Crippen MR) is 69.4 cm³/mol. The van der Waals surface area contributed by atoms with Crippen molar-refractivity contribution in [3.05, 3.63) is 64.4 Å². The fourth-order valence-corrected chi connectivity index (χ4v) is 2.07. The summed E-state index contributed by atoms with van der Waals surface area (Å²) in [6.07, 6.45) is 1.56. The van der Waals surface area contributed by atoms with Gasteiger partial charge in [0.1, 0.15) is 11.6 Å². The molecule has 0 aliphatic carbocycles. The molecule has 1 atom stereocenters. The molecule has 2 rings (SSSR count). The molecule has 2 aromatic rings. The topological polar surface area (TPSA) is 50.9 Å². The van der Waals surface area contributed by atoms with Gasteiger partial charge >= 0.3 is 0 Å². The van der Waals surface area contributed by atoms with Crippen LogP contribution in [0.25, 0.3) is 0 Å². The van der Waals surface area contributed by atoms with Crippen LogP contribution in [0, 0.1) is 11.6 Å². The van der Waals surface area contributed by atoms with Crippen LogP contribution in [0.1, 0.15) is 17.3 Å². The second kappa shape index (κ2) is 6.06. The molecule has 1 aromatic carbocycles. The highest BCUT2D eigenvalue weighted by Gasteiger charge is 2.19. The van der Waals surface area contributed by atoms with E-state index in [4.69, 9.17) is 17.4 Å². The first-order chi connectivity index (χ1) is 9.13. The molecular weight excluding hydrogens is 272 g/mol. The first-order valence-corrected chi connectivity index (χ1v) is 6.00. The first kappa shape index (κ1) is 13.9. The normalized spacial score (nSPS) is 12.4. The van der Waals surface area contributed by atoms with Crippen molar-refractivity contribution in [1.82, 2.24) is 10.4 Å². The van der Waals surface area contributed by atoms with Gasteiger partial charge in [0.2, 0.25) is 0 Å². The number of nitrogens with two attached hydrogens (primary N) is 1. The van der Waals surface area contributed by atoms with Crippen molar-refractivity contribution in [2.75, 3.05) is 0 Å². The molecule has 1 heterocycles. The lowest BCUT2D eigenvalue weighted by molar-refractivity contribution is 0.493. The van der Waals surface area contributed by atoms with Crippen LogP contribution in [0.4, 0.5) is 8.78 Å². The maximum absolute atomic E-state index is 13.6. The van der Waals surface area contributed by atoms with Crippen LogP contribution in [0.5, 0.6) is 0 Å². The summed E-state index contributed by atoms with van der Waals surface area (Å²) in [5.41, 5.74) is 2.89. The van der Waals surface area contributed by atoms with Crippen molar-refractivity contribution in [3.8, 4) is 0 Å². The van der Waals surface area contributed by atoms with Crippen molar-refractivity contribution < 1.29 is 8.78 Å². The molecular formula is C13H12ClF2N3. The zero-order chi connectivity index (χ0) is 13.8. The molecule has 0 aliphatic rings. The molecule has 6 heteroatoms. The van der Waals surface area contributed by atoms with Gasteiger partial charge in [-0.25, -0.2) is 8.78 Å². The molecule has 100 valence electrons. The third-order valence-corrected chi connectivity index (χ3v) is 3.11. The highest BCUT2D eigenvalue weighted by Crippen LogP contribution is 2.25. The highest BCUT2D eigenvalue weighted by atomic mass is 35.5. The predicted octanol–water partition coefficient (Wildman–Crippen LogP) is 2.76. The molecule has 1 unspecified atom stereocenters. The Kier molecular flexibility index (Phi) is 4.42. The minimum atomic E-state index is -0.618. The van der Waals surface area contributed by atoms with E-state index in [1.54, 1.807) is 18.3 Å². The van der Waals surface area contributed by atoms with Crippen LogP contribution in [0.15, 0.2) is 36.5 Å². The van der Waals surface area contributed by atoms with E-state index in [2.05, 4.69) is 10.4 Å². The number of nitrogens with one attached hydrogen (secondary N) is 1. The Bertz CT molecular complexity index is 557. The van der Waals surface area contributed by atoms with E-state index in [-0.39, 0.29) is 12.0 Å². The van der Waals surface area contributed by atoms with Gasteiger partial charge in [-0.1, -0.05) is 17.7 Å². The zero-order valence-corrected chi connectivity index (χ0v) is 10.7. The minimum absolute atomic E-state index is 0.0196. The summed E-state index contributed by atoms with van der Waals surface area (Å²) in [4.78, 5) is 4.09. The maximum atomic E-state index is 13.6. The molecule has 0 spiro atoms. The summed E-state index contributed by atoms with van der Waals surface area (Å²) in [5, 5.41) is 0.391. The SMILES string of the molecule is NNC(Cc1c(F)cccc1F)c1ncccc1Cl. The second-order valence-electron chi connectivity index (χ2n) is 3.99. The number of hydrazine groups is 1. The van der Waals surface area contributed by atoms with Crippen molar-refractivity contribution in [2.24, 2.45) is 5.84 Å². The van der Waals surface area contributed by atoms with E-state index < -0.39 is 17.7 Å². The van der Waals surface area contributed by atoms with Gasteiger partial charge < -0.3 is 0 Å². The number of nitrogens with zero attached hydrogens (tertiary/aromatic N) is 1. The van der Waals surface area contributed by atoms with Crippen LogP contribution in [0.3, 0.4) is 0 Å². The number of pyridine rings is 1. The van der Waals surface area contributed by atoms with Crippen molar-refractivity contribution in [1.29, 1.82) is 0 Å². The second-order valence-corrected chi connectivity index (χ2v) is 4.40. The molecule has 0 amide bonds. The first-order valence-electron chi connectivity index (χ1n) is 5.63. The summed E-state index contributed by atoms with van der Waals surface area (Å²) in [6.45, 7) is 0. The summed E-state index contributed by atoms with van der Waals surface area (Å²) in [6, 6.07) is 6.46. The number of halogens is 3. The van der Waals surface area contributed by atoms with Gasteiger partial charge in [-0.15, -0.1) is 0 Å². The summed E-state index contributed by atoms with van der Waals surface area (Å²) in [5.74, 6) is 4.19. The quantitative estimate of drug-likeness (QED) is 0.670. The Hall–Kier alpha value is -1.56. The molecule has 3 nitrogen and oxygen atoms in total. The Morgan fingerprint density at radius 1 is 1.21 bits per heavy atom. The number of rotatable bonds is 4. The zero-order valence-electron chi connectivity index (χ0n) is 9.91. The van der Waals surface area contributed by atoms with Gasteiger partial charge in [-0.05, 0) is 24.3 Å². The van der Waals surface area contributed by atoms with Gasteiger partial charge in [0.05, 0.1) is 16.8 Å². The Morgan fingerprint density at radius 3 is 2.47 bits per heavy atom. The van der Waals surface area contributed by atoms with Crippen LogP contribution in [-0.4, -0.2) is 4.98 Å². The molecule has 0 saturated heterocycles. The molecule has 0 fully saturated rings. The van der Waals surface area contributed by atoms with E-state index in [0.717, 1.165) is 0 Å². The van der Waals surface area contributed by atoms with Gasteiger partial charge in [0.25, 0.3) is 0 Å². The van der Waals surface area contributed by atoms with Crippen molar-refractivity contribution in [3.63, 3.8) is 0 Å². The molecule has 0 aliphatic heterocycles. The summed E-state index contributed by atoms with van der Waals surface area (Å²) < 4.78 is 27.2. The minimum Gasteiger partial charge on any atom is -0.271 e. The molecule has 0 radical (unpaired) electrons. The Morgan fingerprint density at radius 2 is 1.89 bits per heavy atom.